The summed E-state index contributed by atoms with van der Waals surface area (Å²) in [5, 5.41) is 8.80. The molecule has 0 aliphatic rings. The summed E-state index contributed by atoms with van der Waals surface area (Å²) in [5.74, 6) is 0.0691. The van der Waals surface area contributed by atoms with Crippen molar-refractivity contribution in [2.75, 3.05) is 6.61 Å². The highest BCUT2D eigenvalue weighted by atomic mass is 32.2. The van der Waals surface area contributed by atoms with Crippen molar-refractivity contribution in [1.29, 1.82) is 5.41 Å². The fraction of sp³-hybridized carbons (Fsp3) is 0.100. The second kappa shape index (κ2) is 8.20. The number of ether oxygens (including phenoxy) is 1. The van der Waals surface area contributed by atoms with Crippen molar-refractivity contribution in [1.82, 2.24) is 9.71 Å². The SMILES string of the molecule is CCOC(=N)c1cnc2c(c1)c(-c1ccoc1)cn2OOSc1ccccc1. The first-order chi connectivity index (χ1) is 13.8. The normalized spacial score (nSPS) is 10.9. The van der Waals surface area contributed by atoms with Gasteiger partial charge in [-0.2, -0.15) is 0 Å². The lowest BCUT2D eigenvalue weighted by atomic mass is 10.1. The van der Waals surface area contributed by atoms with Crippen molar-refractivity contribution in [3.05, 3.63) is 72.9 Å². The third kappa shape index (κ3) is 3.73. The Morgan fingerprint density at radius 2 is 2.11 bits per heavy atom. The molecule has 0 bridgehead atoms. The molecular weight excluding hydrogens is 378 g/mol. The van der Waals surface area contributed by atoms with E-state index in [1.807, 2.05) is 49.4 Å². The van der Waals surface area contributed by atoms with Crippen molar-refractivity contribution < 1.29 is 18.5 Å². The summed E-state index contributed by atoms with van der Waals surface area (Å²) in [5.41, 5.74) is 2.84. The number of aromatic nitrogens is 2. The number of nitrogens with zero attached hydrogens (tertiary/aromatic N) is 2. The van der Waals surface area contributed by atoms with Gasteiger partial charge in [0.2, 0.25) is 5.90 Å². The van der Waals surface area contributed by atoms with Crippen molar-refractivity contribution >= 4 is 29.0 Å². The predicted molar refractivity (Wildman–Crippen MR) is 106 cm³/mol. The molecule has 0 saturated carbocycles. The van der Waals surface area contributed by atoms with Gasteiger partial charge in [0, 0.05) is 27.6 Å². The van der Waals surface area contributed by atoms with Crippen LogP contribution in [-0.2, 0) is 9.07 Å². The standard InChI is InChI=1S/C20H17N3O4S/c1-2-25-19(21)15-10-17-18(14-8-9-24-13-14)12-23(20(17)22-11-15)26-27-28-16-6-4-3-5-7-16/h3-13,21H,2H2,1H3. The molecule has 0 spiro atoms. The Morgan fingerprint density at radius 1 is 1.25 bits per heavy atom. The third-order valence-electron chi connectivity index (χ3n) is 3.98. The number of hydrogen-bond donors (Lipinski definition) is 1. The molecule has 0 aliphatic carbocycles. The third-order valence-corrected chi connectivity index (χ3v) is 4.57. The van der Waals surface area contributed by atoms with Crippen LogP contribution in [0.25, 0.3) is 22.2 Å². The summed E-state index contributed by atoms with van der Waals surface area (Å²) in [6, 6.07) is 13.3. The predicted octanol–water partition coefficient (Wildman–Crippen LogP) is 4.73. The highest BCUT2D eigenvalue weighted by Gasteiger charge is 2.16. The van der Waals surface area contributed by atoms with Gasteiger partial charge in [-0.05, 0) is 31.2 Å². The summed E-state index contributed by atoms with van der Waals surface area (Å²) >= 11 is 1.10. The second-order valence-electron chi connectivity index (χ2n) is 5.78. The van der Waals surface area contributed by atoms with E-state index in [1.54, 1.807) is 24.9 Å². The van der Waals surface area contributed by atoms with Crippen LogP contribution in [0.2, 0.25) is 0 Å². The number of hydrogen-bond acceptors (Lipinski definition) is 7. The smallest absolute Gasteiger partial charge is 0.214 e. The van der Waals surface area contributed by atoms with Crippen LogP contribution in [-0.4, -0.2) is 22.2 Å². The Kier molecular flexibility index (Phi) is 5.31. The number of fused-ring (bicyclic) bond motifs is 1. The largest absolute Gasteiger partial charge is 0.478 e. The molecule has 4 rings (SSSR count). The number of rotatable bonds is 7. The van der Waals surface area contributed by atoms with E-state index in [0.29, 0.717) is 17.8 Å². The van der Waals surface area contributed by atoms with Gasteiger partial charge in [-0.3, -0.25) is 5.41 Å². The molecule has 0 unspecified atom stereocenters. The van der Waals surface area contributed by atoms with Crippen LogP contribution < -0.4 is 4.99 Å². The number of pyridine rings is 1. The molecule has 0 fully saturated rings. The van der Waals surface area contributed by atoms with Crippen molar-refractivity contribution in [3.63, 3.8) is 0 Å². The molecule has 7 nitrogen and oxygen atoms in total. The minimum Gasteiger partial charge on any atom is -0.478 e. The first kappa shape index (κ1) is 18.1. The zero-order chi connectivity index (χ0) is 19.3. The van der Waals surface area contributed by atoms with Gasteiger partial charge >= 0.3 is 0 Å². The van der Waals surface area contributed by atoms with E-state index in [2.05, 4.69) is 4.98 Å². The summed E-state index contributed by atoms with van der Waals surface area (Å²) in [4.78, 5) is 10.8. The Morgan fingerprint density at radius 3 is 2.86 bits per heavy atom. The first-order valence-corrected chi connectivity index (χ1v) is 9.32. The van der Waals surface area contributed by atoms with Gasteiger partial charge in [-0.25, -0.2) is 9.97 Å². The minimum absolute atomic E-state index is 0.0691. The molecule has 8 heteroatoms. The molecule has 4 aromatic rings. The van der Waals surface area contributed by atoms with E-state index in [1.165, 1.54) is 4.73 Å². The maximum Gasteiger partial charge on any atom is 0.214 e. The molecule has 28 heavy (non-hydrogen) atoms. The number of furan rings is 1. The highest BCUT2D eigenvalue weighted by molar-refractivity contribution is 7.94. The van der Waals surface area contributed by atoms with E-state index in [9.17, 15) is 0 Å². The molecule has 3 aromatic heterocycles. The maximum absolute atomic E-state index is 8.02. The van der Waals surface area contributed by atoms with Crippen molar-refractivity contribution in [3.8, 4) is 11.1 Å². The quantitative estimate of drug-likeness (QED) is 0.160. The van der Waals surface area contributed by atoms with Gasteiger partial charge < -0.3 is 9.15 Å². The lowest BCUT2D eigenvalue weighted by Crippen LogP contribution is -2.09. The molecule has 142 valence electrons. The number of benzene rings is 1. The molecule has 0 saturated heterocycles. The van der Waals surface area contributed by atoms with Crippen LogP contribution in [0, 0.1) is 5.41 Å². The molecule has 3 heterocycles. The monoisotopic (exact) mass is 395 g/mol. The van der Waals surface area contributed by atoms with E-state index in [-0.39, 0.29) is 5.90 Å². The highest BCUT2D eigenvalue weighted by Crippen LogP contribution is 2.31. The Balaban J connectivity index is 1.65. The lowest BCUT2D eigenvalue weighted by Gasteiger charge is -2.06. The summed E-state index contributed by atoms with van der Waals surface area (Å²) in [6.45, 7) is 2.25. The van der Waals surface area contributed by atoms with Gasteiger partial charge in [0.25, 0.3) is 0 Å². The molecule has 1 N–H and O–H groups in total. The fourth-order valence-electron chi connectivity index (χ4n) is 2.70. The van der Waals surface area contributed by atoms with Crippen LogP contribution in [0.4, 0.5) is 0 Å². The van der Waals surface area contributed by atoms with Crippen molar-refractivity contribution in [2.24, 2.45) is 0 Å². The summed E-state index contributed by atoms with van der Waals surface area (Å²) < 4.78 is 17.3. The van der Waals surface area contributed by atoms with Crippen LogP contribution >= 0.6 is 12.0 Å². The minimum atomic E-state index is 0.0691. The zero-order valence-electron chi connectivity index (χ0n) is 15.0. The van der Waals surface area contributed by atoms with E-state index < -0.39 is 0 Å². The summed E-state index contributed by atoms with van der Waals surface area (Å²) in [6.07, 6.45) is 6.58. The molecule has 0 aliphatic heterocycles. The van der Waals surface area contributed by atoms with Gasteiger partial charge in [0.05, 0.1) is 42.9 Å². The average Bonchev–Trinajstić information content (AvgIpc) is 3.37. The number of nitrogens with one attached hydrogen (secondary N) is 1. The fourth-order valence-corrected chi connectivity index (χ4v) is 3.14. The maximum atomic E-state index is 8.02. The Hall–Kier alpha value is -3.23. The van der Waals surface area contributed by atoms with E-state index >= 15 is 0 Å². The van der Waals surface area contributed by atoms with Crippen LogP contribution in [0.15, 0.2) is 76.7 Å². The average molecular weight is 395 g/mol. The van der Waals surface area contributed by atoms with Crippen LogP contribution in [0.5, 0.6) is 0 Å². The Labute approximate surface area is 165 Å². The zero-order valence-corrected chi connectivity index (χ0v) is 15.8. The topological polar surface area (TPSA) is 82.5 Å². The second-order valence-corrected chi connectivity index (χ2v) is 6.55. The van der Waals surface area contributed by atoms with Gasteiger partial charge in [-0.15, -0.1) is 4.73 Å². The molecule has 0 atom stereocenters. The van der Waals surface area contributed by atoms with Gasteiger partial charge in [-0.1, -0.05) is 22.5 Å². The lowest BCUT2D eigenvalue weighted by molar-refractivity contribution is -0.188. The van der Waals surface area contributed by atoms with Crippen LogP contribution in [0.1, 0.15) is 12.5 Å². The van der Waals surface area contributed by atoms with E-state index in [4.69, 9.17) is 23.9 Å². The summed E-state index contributed by atoms with van der Waals surface area (Å²) in [7, 11) is 0. The van der Waals surface area contributed by atoms with Crippen molar-refractivity contribution in [2.45, 2.75) is 11.8 Å². The first-order valence-electron chi connectivity index (χ1n) is 8.58. The molecule has 0 radical (unpaired) electrons. The molecule has 0 amide bonds. The van der Waals surface area contributed by atoms with Gasteiger partial charge in [0.15, 0.2) is 5.65 Å². The molecule has 1 aromatic carbocycles. The molecular formula is C20H17N3O4S. The van der Waals surface area contributed by atoms with Gasteiger partial charge in [0.1, 0.15) is 0 Å². The Bertz CT molecular complexity index is 1080. The van der Waals surface area contributed by atoms with E-state index in [0.717, 1.165) is 33.5 Å². The van der Waals surface area contributed by atoms with Crippen LogP contribution in [0.3, 0.4) is 0 Å².